The van der Waals surface area contributed by atoms with Crippen LogP contribution in [0.5, 0.6) is 0 Å². The summed E-state index contributed by atoms with van der Waals surface area (Å²) < 4.78 is 0. The van der Waals surface area contributed by atoms with Crippen LogP contribution in [0.3, 0.4) is 0 Å². The Morgan fingerprint density at radius 2 is 1.53 bits per heavy atom. The average Bonchev–Trinajstić information content (AvgIpc) is 2.12. The molecule has 0 unspecified atom stereocenters. The molecular weight excluding hydrogens is 240 g/mol. The summed E-state index contributed by atoms with van der Waals surface area (Å²) in [6.45, 7) is -0.863. The minimum Gasteiger partial charge on any atom is -0.547 e. The molecule has 0 saturated heterocycles. The summed E-state index contributed by atoms with van der Waals surface area (Å²) in [5.74, 6) is -1.98. The van der Waals surface area contributed by atoms with Crippen LogP contribution in [0.4, 0.5) is 0 Å². The van der Waals surface area contributed by atoms with Gasteiger partial charge in [0.15, 0.2) is 0 Å². The van der Waals surface area contributed by atoms with Crippen molar-refractivity contribution in [3.05, 3.63) is 0 Å². The molecule has 0 bridgehead atoms. The standard InChI is InChI=1S/C6H12O7.Ca.H2O/c7-1-2(8)3(9)4(10)5(11)6(12)13;;/h2-5,7-11H,1H2,(H,12,13);;1H2/q;+2;/p-1/t2-,3-,4+,5-;;/m1../s1. The number of hydrogen-bond acceptors (Lipinski definition) is 7. The number of rotatable bonds is 5. The molecule has 4 atom stereocenters. The quantitative estimate of drug-likeness (QED) is 0.303. The van der Waals surface area contributed by atoms with Gasteiger partial charge in [0.25, 0.3) is 0 Å². The van der Waals surface area contributed by atoms with E-state index in [1.165, 1.54) is 0 Å². The molecule has 86 valence electrons. The third kappa shape index (κ3) is 6.61. The molecule has 0 aliphatic carbocycles. The Balaban J connectivity index is -0.000000720. The third-order valence-electron chi connectivity index (χ3n) is 1.50. The summed E-state index contributed by atoms with van der Waals surface area (Å²) in [4.78, 5) is 9.98. The van der Waals surface area contributed by atoms with Crippen LogP contribution in [0, 0.1) is 0 Å². The molecule has 0 aromatic rings. The molecule has 0 aliphatic rings. The zero-order chi connectivity index (χ0) is 10.6. The SMILES string of the molecule is O.O=C([O-])[C@H](O)[C@@H](O)[C@H](O)[C@H](O)CO.[Ca+2]. The van der Waals surface area contributed by atoms with Crippen molar-refractivity contribution in [2.24, 2.45) is 0 Å². The van der Waals surface area contributed by atoms with Gasteiger partial charge >= 0.3 is 37.7 Å². The monoisotopic (exact) mass is 253 g/mol. The number of aliphatic hydroxyl groups is 5. The van der Waals surface area contributed by atoms with Crippen molar-refractivity contribution < 1.29 is 40.9 Å². The fourth-order valence-corrected chi connectivity index (χ4v) is 0.662. The molecule has 0 radical (unpaired) electrons. The average molecular weight is 253 g/mol. The number of hydrogen-bond donors (Lipinski definition) is 5. The molecule has 0 amide bonds. The second-order valence-corrected chi connectivity index (χ2v) is 2.49. The van der Waals surface area contributed by atoms with E-state index in [-0.39, 0.29) is 43.2 Å². The van der Waals surface area contributed by atoms with E-state index >= 15 is 0 Å². The Morgan fingerprint density at radius 3 is 1.80 bits per heavy atom. The predicted octanol–water partition coefficient (Wildman–Crippen LogP) is -6.03. The van der Waals surface area contributed by atoms with Crippen LogP contribution in [-0.2, 0) is 4.79 Å². The summed E-state index contributed by atoms with van der Waals surface area (Å²) in [7, 11) is 0. The fraction of sp³-hybridized carbons (Fsp3) is 0.833. The van der Waals surface area contributed by atoms with Crippen LogP contribution in [-0.4, -0.2) is 106 Å². The summed E-state index contributed by atoms with van der Waals surface area (Å²) in [6.07, 6.45) is -8.08. The summed E-state index contributed by atoms with van der Waals surface area (Å²) in [5, 5.41) is 53.4. The number of aliphatic carboxylic acids is 1. The first kappa shape index (κ1) is 20.8. The van der Waals surface area contributed by atoms with E-state index in [9.17, 15) is 9.90 Å². The maximum absolute atomic E-state index is 9.98. The third-order valence-corrected chi connectivity index (χ3v) is 1.50. The minimum atomic E-state index is -2.31. The van der Waals surface area contributed by atoms with E-state index < -0.39 is 37.0 Å². The molecule has 0 saturated carbocycles. The number of carboxylic acids is 1. The van der Waals surface area contributed by atoms with Gasteiger partial charge in [-0.3, -0.25) is 0 Å². The molecule has 0 rings (SSSR count). The van der Waals surface area contributed by atoms with Crippen molar-refractivity contribution >= 4 is 43.7 Å². The molecule has 9 heteroatoms. The molecule has 15 heavy (non-hydrogen) atoms. The van der Waals surface area contributed by atoms with Gasteiger partial charge in [-0.05, 0) is 0 Å². The molecule has 0 spiro atoms. The second kappa shape index (κ2) is 9.70. The van der Waals surface area contributed by atoms with Gasteiger partial charge in [-0.1, -0.05) is 0 Å². The zero-order valence-electron chi connectivity index (χ0n) is 7.78. The van der Waals surface area contributed by atoms with E-state index in [1.54, 1.807) is 0 Å². The predicted molar refractivity (Wildman–Crippen MR) is 45.5 cm³/mol. The van der Waals surface area contributed by atoms with Crippen molar-refractivity contribution in [3.8, 4) is 0 Å². The topological polar surface area (TPSA) is 173 Å². The van der Waals surface area contributed by atoms with Crippen molar-refractivity contribution in [1.82, 2.24) is 0 Å². The van der Waals surface area contributed by atoms with Gasteiger partial charge in [-0.25, -0.2) is 0 Å². The first-order valence-electron chi connectivity index (χ1n) is 3.45. The molecule has 0 aliphatic heterocycles. The van der Waals surface area contributed by atoms with Crippen LogP contribution >= 0.6 is 0 Å². The molecule has 8 nitrogen and oxygen atoms in total. The van der Waals surface area contributed by atoms with E-state index in [1.807, 2.05) is 0 Å². The Hall–Kier alpha value is 0.490. The zero-order valence-corrected chi connectivity index (χ0v) is 9.98. The molecule has 0 fully saturated rings. The van der Waals surface area contributed by atoms with Gasteiger partial charge in [-0.2, -0.15) is 0 Å². The second-order valence-electron chi connectivity index (χ2n) is 2.49. The van der Waals surface area contributed by atoms with Gasteiger partial charge in [0, 0.05) is 0 Å². The van der Waals surface area contributed by atoms with Gasteiger partial charge in [0.05, 0.1) is 12.6 Å². The van der Waals surface area contributed by atoms with Crippen LogP contribution in [0.1, 0.15) is 0 Å². The molecular formula is C6H13CaO8+. The Bertz CT molecular complexity index is 177. The fourth-order valence-electron chi connectivity index (χ4n) is 0.662. The number of carbonyl (C=O) groups excluding carboxylic acids is 1. The van der Waals surface area contributed by atoms with E-state index in [2.05, 4.69) is 0 Å². The van der Waals surface area contributed by atoms with Crippen LogP contribution in [0.2, 0.25) is 0 Å². The van der Waals surface area contributed by atoms with Gasteiger partial charge in [0.2, 0.25) is 0 Å². The minimum absolute atomic E-state index is 0. The first-order valence-corrected chi connectivity index (χ1v) is 3.45. The molecule has 0 aromatic carbocycles. The van der Waals surface area contributed by atoms with E-state index in [4.69, 9.17) is 25.5 Å². The van der Waals surface area contributed by atoms with Crippen LogP contribution in [0.15, 0.2) is 0 Å². The molecule has 0 heterocycles. The maximum atomic E-state index is 9.98. The Kier molecular flexibility index (Phi) is 13.5. The van der Waals surface area contributed by atoms with E-state index in [0.29, 0.717) is 0 Å². The number of aliphatic hydroxyl groups excluding tert-OH is 5. The first-order chi connectivity index (χ1) is 5.91. The number of carbonyl (C=O) groups is 1. The Morgan fingerprint density at radius 1 is 1.13 bits per heavy atom. The van der Waals surface area contributed by atoms with Crippen molar-refractivity contribution in [2.75, 3.05) is 6.61 Å². The van der Waals surface area contributed by atoms with Gasteiger partial charge in [-0.15, -0.1) is 0 Å². The van der Waals surface area contributed by atoms with Crippen LogP contribution in [0.25, 0.3) is 0 Å². The van der Waals surface area contributed by atoms with Crippen molar-refractivity contribution in [3.63, 3.8) is 0 Å². The number of carboxylic acid groups (broad SMARTS) is 1. The summed E-state index contributed by atoms with van der Waals surface area (Å²) in [5.41, 5.74) is 0. The smallest absolute Gasteiger partial charge is 0.547 e. The Labute approximate surface area is 115 Å². The summed E-state index contributed by atoms with van der Waals surface area (Å²) >= 11 is 0. The van der Waals surface area contributed by atoms with Crippen LogP contribution < -0.4 is 5.11 Å². The van der Waals surface area contributed by atoms with Gasteiger partial charge < -0.3 is 40.9 Å². The normalized spacial score (nSPS) is 17.7. The van der Waals surface area contributed by atoms with Crippen molar-refractivity contribution in [2.45, 2.75) is 24.4 Å². The molecule has 7 N–H and O–H groups in total. The van der Waals surface area contributed by atoms with Crippen molar-refractivity contribution in [1.29, 1.82) is 0 Å². The van der Waals surface area contributed by atoms with E-state index in [0.717, 1.165) is 0 Å². The largest absolute Gasteiger partial charge is 2.00 e. The maximum Gasteiger partial charge on any atom is 2.00 e. The van der Waals surface area contributed by atoms with Gasteiger partial charge in [0.1, 0.15) is 24.4 Å². The molecule has 0 aromatic heterocycles. The summed E-state index contributed by atoms with van der Waals surface area (Å²) in [6, 6.07) is 0.